The molecule has 0 bridgehead atoms. The zero-order chi connectivity index (χ0) is 43.9. The fourth-order valence-electron chi connectivity index (χ4n) is 10.7. The van der Waals surface area contributed by atoms with Crippen LogP contribution in [0.4, 0.5) is 5.69 Å². The molecule has 66 heavy (non-hydrogen) atoms. The summed E-state index contributed by atoms with van der Waals surface area (Å²) >= 11 is 0. The first-order chi connectivity index (χ1) is 32.5. The largest absolute Gasteiger partial charge is 0.456 e. The normalized spacial score (nSPS) is 14.3. The highest BCUT2D eigenvalue weighted by Gasteiger charge is 2.36. The Balaban J connectivity index is 0.943. The summed E-state index contributed by atoms with van der Waals surface area (Å²) in [5, 5.41) is 6.21. The second-order valence-electron chi connectivity index (χ2n) is 18.1. The Morgan fingerprint density at radius 3 is 1.82 bits per heavy atom. The quantitative estimate of drug-likeness (QED) is 0.181. The van der Waals surface area contributed by atoms with Gasteiger partial charge in [-0.15, -0.1) is 0 Å². The van der Waals surface area contributed by atoms with Crippen LogP contribution in [0.3, 0.4) is 0 Å². The molecule has 0 radical (unpaired) electrons. The number of hydrogen-bond donors (Lipinski definition) is 1. The monoisotopic (exact) mass is 845 g/mol. The van der Waals surface area contributed by atoms with E-state index in [4.69, 9.17) is 14.4 Å². The van der Waals surface area contributed by atoms with Crippen LogP contribution in [0.15, 0.2) is 217 Å². The highest BCUT2D eigenvalue weighted by atomic mass is 16.3. The topological polar surface area (TPSA) is 51.0 Å². The SMILES string of the molecule is CC1(C)c2ccccc2-c2ccc(-c3cc(-c4ccc(C5Nc6ccccc6-c6c5cc5oc7ccccc7c5c6-c5ccc(-c6ccccc6)cc5)cc4)nc(-c4ccccc4)n3)cc21. The first kappa shape index (κ1) is 38.1. The van der Waals surface area contributed by atoms with Crippen LogP contribution >= 0.6 is 0 Å². The summed E-state index contributed by atoms with van der Waals surface area (Å²) in [6.45, 7) is 4.65. The van der Waals surface area contributed by atoms with Gasteiger partial charge in [0.2, 0.25) is 0 Å². The minimum absolute atomic E-state index is 0.119. The Kier molecular flexibility index (Phi) is 8.59. The highest BCUT2D eigenvalue weighted by molar-refractivity contribution is 6.17. The molecule has 1 aliphatic heterocycles. The summed E-state index contributed by atoms with van der Waals surface area (Å²) in [4.78, 5) is 10.5. The lowest BCUT2D eigenvalue weighted by Gasteiger charge is -2.32. The highest BCUT2D eigenvalue weighted by Crippen LogP contribution is 2.53. The molecule has 13 rings (SSSR count). The van der Waals surface area contributed by atoms with Crippen LogP contribution in [0.5, 0.6) is 0 Å². The number of furan rings is 1. The van der Waals surface area contributed by atoms with E-state index in [-0.39, 0.29) is 11.5 Å². The Morgan fingerprint density at radius 1 is 0.439 bits per heavy atom. The number of nitrogens with zero attached hydrogens (tertiary/aromatic N) is 2. The molecule has 0 spiro atoms. The van der Waals surface area contributed by atoms with Crippen molar-refractivity contribution in [2.75, 3.05) is 5.32 Å². The van der Waals surface area contributed by atoms with Crippen molar-refractivity contribution in [1.82, 2.24) is 9.97 Å². The van der Waals surface area contributed by atoms with Crippen LogP contribution in [0.1, 0.15) is 42.1 Å². The van der Waals surface area contributed by atoms with E-state index in [1.165, 1.54) is 55.6 Å². The van der Waals surface area contributed by atoms with E-state index >= 15 is 0 Å². The van der Waals surface area contributed by atoms with Crippen molar-refractivity contribution in [1.29, 1.82) is 0 Å². The predicted octanol–water partition coefficient (Wildman–Crippen LogP) is 16.2. The fourth-order valence-corrected chi connectivity index (χ4v) is 10.7. The number of anilines is 1. The van der Waals surface area contributed by atoms with E-state index in [9.17, 15) is 0 Å². The molecule has 1 atom stereocenters. The van der Waals surface area contributed by atoms with E-state index in [1.54, 1.807) is 0 Å². The lowest BCUT2D eigenvalue weighted by Crippen LogP contribution is -2.18. The molecule has 1 N–H and O–H groups in total. The van der Waals surface area contributed by atoms with Crippen molar-refractivity contribution >= 4 is 27.6 Å². The van der Waals surface area contributed by atoms with Gasteiger partial charge >= 0.3 is 0 Å². The maximum atomic E-state index is 6.73. The van der Waals surface area contributed by atoms with Gasteiger partial charge in [0, 0.05) is 49.7 Å². The molecule has 3 heterocycles. The van der Waals surface area contributed by atoms with E-state index in [0.29, 0.717) is 5.82 Å². The lowest BCUT2D eigenvalue weighted by atomic mass is 9.80. The Hall–Kier alpha value is -8.34. The Labute approximate surface area is 383 Å². The molecule has 4 nitrogen and oxygen atoms in total. The number of benzene rings is 9. The van der Waals surface area contributed by atoms with Crippen molar-refractivity contribution in [2.24, 2.45) is 0 Å². The van der Waals surface area contributed by atoms with Crippen LogP contribution < -0.4 is 5.32 Å². The molecular formula is C62H43N3O. The second-order valence-corrected chi connectivity index (χ2v) is 18.1. The van der Waals surface area contributed by atoms with Crippen LogP contribution in [0.2, 0.25) is 0 Å². The smallest absolute Gasteiger partial charge is 0.160 e. The second kappa shape index (κ2) is 14.9. The molecule has 1 aliphatic carbocycles. The zero-order valence-corrected chi connectivity index (χ0v) is 36.6. The van der Waals surface area contributed by atoms with Gasteiger partial charge in [0.05, 0.1) is 17.4 Å². The average molecular weight is 846 g/mol. The molecule has 2 aromatic heterocycles. The van der Waals surface area contributed by atoms with Crippen LogP contribution in [0, 0.1) is 0 Å². The van der Waals surface area contributed by atoms with Crippen molar-refractivity contribution in [2.45, 2.75) is 25.3 Å². The minimum Gasteiger partial charge on any atom is -0.456 e. The van der Waals surface area contributed by atoms with Crippen LogP contribution in [-0.4, -0.2) is 9.97 Å². The van der Waals surface area contributed by atoms with Gasteiger partial charge in [-0.1, -0.05) is 196 Å². The third-order valence-corrected chi connectivity index (χ3v) is 14.0. The van der Waals surface area contributed by atoms with Crippen molar-refractivity contribution in [3.63, 3.8) is 0 Å². The van der Waals surface area contributed by atoms with Crippen molar-refractivity contribution in [3.05, 3.63) is 235 Å². The van der Waals surface area contributed by atoms with Gasteiger partial charge in [0.25, 0.3) is 0 Å². The summed E-state index contributed by atoms with van der Waals surface area (Å²) in [7, 11) is 0. The van der Waals surface area contributed by atoms with E-state index in [0.717, 1.165) is 66.8 Å². The average Bonchev–Trinajstić information content (AvgIpc) is 3.87. The van der Waals surface area contributed by atoms with E-state index in [1.807, 2.05) is 18.2 Å². The van der Waals surface area contributed by atoms with Crippen LogP contribution in [0.25, 0.3) is 100 Å². The first-order valence-electron chi connectivity index (χ1n) is 22.8. The maximum absolute atomic E-state index is 6.73. The van der Waals surface area contributed by atoms with Gasteiger partial charge in [-0.25, -0.2) is 9.97 Å². The Morgan fingerprint density at radius 2 is 1.03 bits per heavy atom. The third kappa shape index (κ3) is 6.06. The lowest BCUT2D eigenvalue weighted by molar-refractivity contribution is 0.660. The zero-order valence-electron chi connectivity index (χ0n) is 36.6. The number of fused-ring (bicyclic) bond motifs is 9. The van der Waals surface area contributed by atoms with Gasteiger partial charge in [0.15, 0.2) is 5.82 Å². The van der Waals surface area contributed by atoms with Crippen LogP contribution in [-0.2, 0) is 5.41 Å². The maximum Gasteiger partial charge on any atom is 0.160 e. The fraction of sp³-hybridized carbons (Fsp3) is 0.0645. The molecule has 0 saturated carbocycles. The molecule has 0 amide bonds. The summed E-state index contributed by atoms with van der Waals surface area (Å²) in [5.74, 6) is 0.703. The molecule has 9 aromatic carbocycles. The minimum atomic E-state index is -0.149. The molecule has 1 unspecified atom stereocenters. The molecule has 312 valence electrons. The standard InChI is InChI=1S/C62H43N3O/c1-62(2)50-22-12-9-19-45(50)46-34-33-44(35-51(46)62)54-37-53(64-61(65-54)43-17-7-4-8-18-43)40-27-31-42(32-28-40)60-49-36-56-59(48-21-11-14-24-55(48)66-56)57(58(49)47-20-10-13-23-52(47)63-60)41-29-25-39(26-30-41)38-15-5-3-6-16-38/h3-37,60,63H,1-2H3. The molecule has 4 heteroatoms. The van der Waals surface area contributed by atoms with Gasteiger partial charge in [0.1, 0.15) is 11.2 Å². The molecule has 0 saturated heterocycles. The van der Waals surface area contributed by atoms with E-state index in [2.05, 4.69) is 213 Å². The molecule has 0 fully saturated rings. The number of nitrogens with one attached hydrogen (secondary N) is 1. The van der Waals surface area contributed by atoms with Gasteiger partial charge in [-0.3, -0.25) is 0 Å². The number of aromatic nitrogens is 2. The molecule has 11 aromatic rings. The van der Waals surface area contributed by atoms with Gasteiger partial charge < -0.3 is 9.73 Å². The first-order valence-corrected chi connectivity index (χ1v) is 22.8. The summed E-state index contributed by atoms with van der Waals surface area (Å²) in [6, 6.07) is 75.9. The summed E-state index contributed by atoms with van der Waals surface area (Å²) in [6.07, 6.45) is 0. The summed E-state index contributed by atoms with van der Waals surface area (Å²) in [5.41, 5.74) is 22.3. The number of hydrogen-bond acceptors (Lipinski definition) is 4. The number of rotatable bonds is 6. The van der Waals surface area contributed by atoms with Gasteiger partial charge in [-0.2, -0.15) is 0 Å². The third-order valence-electron chi connectivity index (χ3n) is 14.0. The number of para-hydroxylation sites is 2. The van der Waals surface area contributed by atoms with Crippen molar-refractivity contribution < 1.29 is 4.42 Å². The summed E-state index contributed by atoms with van der Waals surface area (Å²) < 4.78 is 6.73. The molecule has 2 aliphatic rings. The Bertz CT molecular complexity index is 3680. The predicted molar refractivity (Wildman–Crippen MR) is 271 cm³/mol. The van der Waals surface area contributed by atoms with Crippen molar-refractivity contribution in [3.8, 4) is 78.4 Å². The molecular weight excluding hydrogens is 803 g/mol. The van der Waals surface area contributed by atoms with Gasteiger partial charge in [-0.05, 0) is 86.0 Å². The van der Waals surface area contributed by atoms with E-state index < -0.39 is 0 Å².